The Morgan fingerprint density at radius 2 is 1.48 bits per heavy atom. The number of likely N-dealkylation sites (tertiary alicyclic amines) is 1. The van der Waals surface area contributed by atoms with Crippen molar-refractivity contribution in [3.8, 4) is 34.5 Å². The highest BCUT2D eigenvalue weighted by Crippen LogP contribution is 2.54. The maximum atomic E-state index is 6.58. The first-order valence-electron chi connectivity index (χ1n) is 10.8. The van der Waals surface area contributed by atoms with E-state index in [0.29, 0.717) is 5.75 Å². The summed E-state index contributed by atoms with van der Waals surface area (Å²) in [4.78, 5) is 2.44. The van der Waals surface area contributed by atoms with Gasteiger partial charge in [0.25, 0.3) is 0 Å². The lowest BCUT2D eigenvalue weighted by Crippen LogP contribution is -2.47. The lowest BCUT2D eigenvalue weighted by Gasteiger charge is -2.42. The van der Waals surface area contributed by atoms with Crippen LogP contribution in [0, 0.1) is 5.92 Å². The topological polar surface area (TPSA) is 58.6 Å². The van der Waals surface area contributed by atoms with Gasteiger partial charge in [-0.25, -0.2) is 0 Å². The zero-order chi connectivity index (χ0) is 21.5. The van der Waals surface area contributed by atoms with Gasteiger partial charge in [-0.2, -0.15) is 0 Å². The van der Waals surface area contributed by atoms with Crippen LogP contribution in [0.1, 0.15) is 36.8 Å². The Labute approximate surface area is 182 Å². The Morgan fingerprint density at radius 3 is 2.10 bits per heavy atom. The van der Waals surface area contributed by atoms with Crippen molar-refractivity contribution in [1.29, 1.82) is 0 Å². The molecule has 0 spiro atoms. The third-order valence-corrected chi connectivity index (χ3v) is 6.63. The Morgan fingerprint density at radius 1 is 0.839 bits per heavy atom. The van der Waals surface area contributed by atoms with Gasteiger partial charge in [0.15, 0.2) is 17.7 Å². The first-order valence-corrected chi connectivity index (χ1v) is 10.8. The normalized spacial score (nSPS) is 24.5. The summed E-state index contributed by atoms with van der Waals surface area (Å²) in [5, 5.41) is 0. The van der Waals surface area contributed by atoms with Crippen LogP contribution in [0.4, 0.5) is 0 Å². The molecule has 1 saturated heterocycles. The van der Waals surface area contributed by atoms with Crippen LogP contribution in [0.15, 0.2) is 24.3 Å². The maximum Gasteiger partial charge on any atom is 0.231 e. The van der Waals surface area contributed by atoms with Gasteiger partial charge in [-0.05, 0) is 18.9 Å². The van der Waals surface area contributed by atoms with Gasteiger partial charge in [0.05, 0.1) is 21.3 Å². The molecular weight excluding hydrogens is 398 g/mol. The fraction of sp³-hybridized carbons (Fsp3) is 0.500. The minimum absolute atomic E-state index is 0.0142. The van der Waals surface area contributed by atoms with Crippen LogP contribution in [0.3, 0.4) is 0 Å². The molecule has 0 unspecified atom stereocenters. The second kappa shape index (κ2) is 8.04. The molecular formula is C24H29NO6. The van der Waals surface area contributed by atoms with Gasteiger partial charge >= 0.3 is 0 Å². The minimum atomic E-state index is -0.0446. The number of hydrogen-bond donors (Lipinski definition) is 0. The van der Waals surface area contributed by atoms with Crippen LogP contribution in [0.25, 0.3) is 0 Å². The van der Waals surface area contributed by atoms with Crippen molar-refractivity contribution in [2.75, 3.05) is 41.2 Å². The number of rotatable bonds is 5. The van der Waals surface area contributed by atoms with Crippen LogP contribution in [0.5, 0.6) is 34.5 Å². The molecule has 166 valence electrons. The fourth-order valence-electron chi connectivity index (χ4n) is 5.13. The van der Waals surface area contributed by atoms with E-state index in [1.54, 1.807) is 21.3 Å². The van der Waals surface area contributed by atoms with Crippen molar-refractivity contribution in [3.05, 3.63) is 35.4 Å². The summed E-state index contributed by atoms with van der Waals surface area (Å²) in [5.41, 5.74) is 2.04. The quantitative estimate of drug-likeness (QED) is 0.714. The molecule has 3 aliphatic rings. The second-order valence-electron chi connectivity index (χ2n) is 8.28. The number of ether oxygens (including phenoxy) is 6. The number of methoxy groups -OCH3 is 3. The maximum absolute atomic E-state index is 6.58. The first-order chi connectivity index (χ1) is 15.1. The summed E-state index contributed by atoms with van der Waals surface area (Å²) in [6, 6.07) is 7.83. The molecule has 7 heteroatoms. The molecule has 0 aromatic heterocycles. The molecule has 1 fully saturated rings. The molecule has 0 aliphatic carbocycles. The Kier molecular flexibility index (Phi) is 5.22. The molecule has 0 amide bonds. The highest BCUT2D eigenvalue weighted by molar-refractivity contribution is 5.61. The average molecular weight is 427 g/mol. The van der Waals surface area contributed by atoms with Crippen molar-refractivity contribution in [2.45, 2.75) is 31.9 Å². The minimum Gasteiger partial charge on any atom is -0.496 e. The Bertz CT molecular complexity index is 946. The van der Waals surface area contributed by atoms with Gasteiger partial charge in [0.2, 0.25) is 6.79 Å². The highest BCUT2D eigenvalue weighted by atomic mass is 16.7. The van der Waals surface area contributed by atoms with E-state index in [4.69, 9.17) is 28.4 Å². The summed E-state index contributed by atoms with van der Waals surface area (Å²) in [7, 11) is 5.00. The zero-order valence-corrected chi connectivity index (χ0v) is 18.5. The first kappa shape index (κ1) is 20.1. The summed E-state index contributed by atoms with van der Waals surface area (Å²) in [6.45, 7) is 4.55. The Balaban J connectivity index is 1.70. The van der Waals surface area contributed by atoms with Crippen molar-refractivity contribution in [1.82, 2.24) is 4.90 Å². The summed E-state index contributed by atoms with van der Waals surface area (Å²) in [6.07, 6.45) is 2.35. The smallest absolute Gasteiger partial charge is 0.231 e. The zero-order valence-electron chi connectivity index (χ0n) is 18.5. The van der Waals surface area contributed by atoms with Crippen LogP contribution >= 0.6 is 0 Å². The van der Waals surface area contributed by atoms with Crippen molar-refractivity contribution in [3.63, 3.8) is 0 Å². The number of nitrogens with zero attached hydrogens (tertiary/aromatic N) is 1. The highest BCUT2D eigenvalue weighted by Gasteiger charge is 2.43. The van der Waals surface area contributed by atoms with E-state index in [-0.39, 0.29) is 24.9 Å². The standard InChI is InChI=1S/C24H29NO6/c1-14-22(23-20(27-3)9-15(26-2)10-21(23)28-4)16-11-18-19(30-13-29-18)12-17(16)31-24(14)25-7-5-6-8-25/h9-12,14,22,24H,5-8,13H2,1-4H3/t14-,22-,24+/m1/s1. The van der Waals surface area contributed by atoms with Crippen molar-refractivity contribution >= 4 is 0 Å². The van der Waals surface area contributed by atoms with Gasteiger partial charge in [-0.1, -0.05) is 6.92 Å². The third-order valence-electron chi connectivity index (χ3n) is 6.63. The van der Waals surface area contributed by atoms with E-state index < -0.39 is 0 Å². The molecule has 0 saturated carbocycles. The molecule has 3 aliphatic heterocycles. The fourth-order valence-corrected chi connectivity index (χ4v) is 5.13. The van der Waals surface area contributed by atoms with E-state index >= 15 is 0 Å². The van der Waals surface area contributed by atoms with Gasteiger partial charge < -0.3 is 28.4 Å². The number of hydrogen-bond acceptors (Lipinski definition) is 7. The van der Waals surface area contributed by atoms with Crippen LogP contribution < -0.4 is 28.4 Å². The molecule has 5 rings (SSSR count). The summed E-state index contributed by atoms with van der Waals surface area (Å²) < 4.78 is 35.0. The molecule has 3 heterocycles. The van der Waals surface area contributed by atoms with Gasteiger partial charge in [-0.15, -0.1) is 0 Å². The van der Waals surface area contributed by atoms with Crippen molar-refractivity contribution < 1.29 is 28.4 Å². The summed E-state index contributed by atoms with van der Waals surface area (Å²) >= 11 is 0. The number of fused-ring (bicyclic) bond motifs is 2. The van der Waals surface area contributed by atoms with Crippen LogP contribution in [0.2, 0.25) is 0 Å². The molecule has 7 nitrogen and oxygen atoms in total. The average Bonchev–Trinajstić information content (AvgIpc) is 3.48. The second-order valence-corrected chi connectivity index (χ2v) is 8.28. The predicted octanol–water partition coefficient (Wildman–Crippen LogP) is 4.02. The van der Waals surface area contributed by atoms with Crippen LogP contribution in [-0.2, 0) is 0 Å². The molecule has 0 N–H and O–H groups in total. The molecule has 31 heavy (non-hydrogen) atoms. The largest absolute Gasteiger partial charge is 0.496 e. The van der Waals surface area contributed by atoms with Crippen molar-refractivity contribution in [2.24, 2.45) is 5.92 Å². The third kappa shape index (κ3) is 3.31. The lowest BCUT2D eigenvalue weighted by atomic mass is 9.77. The molecule has 2 aromatic carbocycles. The lowest BCUT2D eigenvalue weighted by molar-refractivity contribution is -0.0182. The van der Waals surface area contributed by atoms with Gasteiger partial charge in [0, 0.05) is 54.3 Å². The van der Waals surface area contributed by atoms with E-state index in [1.165, 1.54) is 12.8 Å². The summed E-state index contributed by atoms with van der Waals surface area (Å²) in [5.74, 6) is 4.59. The van der Waals surface area contributed by atoms with E-state index in [0.717, 1.165) is 53.0 Å². The van der Waals surface area contributed by atoms with E-state index in [1.807, 2.05) is 24.3 Å². The molecule has 3 atom stereocenters. The molecule has 0 bridgehead atoms. The predicted molar refractivity (Wildman–Crippen MR) is 115 cm³/mol. The molecule has 0 radical (unpaired) electrons. The van der Waals surface area contributed by atoms with Gasteiger partial charge in [-0.3, -0.25) is 4.90 Å². The SMILES string of the molecule is COc1cc(OC)c([C@H]2c3cc4c(cc3O[C@H](N3CCCC3)[C@@H]2C)OCO4)c(OC)c1. The number of benzene rings is 2. The monoisotopic (exact) mass is 427 g/mol. The Hall–Kier alpha value is -2.80. The van der Waals surface area contributed by atoms with E-state index in [2.05, 4.69) is 11.8 Å². The van der Waals surface area contributed by atoms with Crippen LogP contribution in [-0.4, -0.2) is 52.3 Å². The van der Waals surface area contributed by atoms with E-state index in [9.17, 15) is 0 Å². The molecule has 2 aromatic rings. The van der Waals surface area contributed by atoms with Gasteiger partial charge in [0.1, 0.15) is 23.0 Å².